The van der Waals surface area contributed by atoms with E-state index in [2.05, 4.69) is 27.3 Å². The molecule has 1 aromatic carbocycles. The molecule has 0 aliphatic carbocycles. The van der Waals surface area contributed by atoms with E-state index in [-0.39, 0.29) is 0 Å². The van der Waals surface area contributed by atoms with Gasteiger partial charge >= 0.3 is 0 Å². The number of fused-ring (bicyclic) bond motifs is 1. The summed E-state index contributed by atoms with van der Waals surface area (Å²) in [5.41, 5.74) is 9.93. The van der Waals surface area contributed by atoms with E-state index >= 15 is 0 Å². The second-order valence-electron chi connectivity index (χ2n) is 5.20. The first-order valence-electron chi connectivity index (χ1n) is 7.14. The number of nitrogens with two attached hydrogens (primary N) is 1. The van der Waals surface area contributed by atoms with Crippen LogP contribution in [0.15, 0.2) is 30.3 Å². The van der Waals surface area contributed by atoms with Gasteiger partial charge in [0, 0.05) is 24.1 Å². The SMILES string of the molecule is Cc1nc(C)n2c(CCN)nnc2c1Cc1ccccc1. The van der Waals surface area contributed by atoms with Crippen molar-refractivity contribution in [2.45, 2.75) is 26.7 Å². The quantitative estimate of drug-likeness (QED) is 0.792. The van der Waals surface area contributed by atoms with Crippen LogP contribution in [0.2, 0.25) is 0 Å². The Kier molecular flexibility index (Phi) is 3.66. The number of benzene rings is 1. The highest BCUT2D eigenvalue weighted by Crippen LogP contribution is 2.19. The first-order valence-corrected chi connectivity index (χ1v) is 7.14. The number of hydrogen-bond donors (Lipinski definition) is 1. The molecule has 5 heteroatoms. The molecule has 0 bridgehead atoms. The summed E-state index contributed by atoms with van der Waals surface area (Å²) in [6.45, 7) is 4.57. The van der Waals surface area contributed by atoms with Crippen molar-refractivity contribution >= 4 is 5.65 Å². The largest absolute Gasteiger partial charge is 0.330 e. The van der Waals surface area contributed by atoms with E-state index in [1.807, 2.05) is 36.4 Å². The third-order valence-electron chi connectivity index (χ3n) is 3.68. The van der Waals surface area contributed by atoms with E-state index in [4.69, 9.17) is 5.73 Å². The Morgan fingerprint density at radius 2 is 1.86 bits per heavy atom. The van der Waals surface area contributed by atoms with Gasteiger partial charge in [0.25, 0.3) is 0 Å². The van der Waals surface area contributed by atoms with Crippen molar-refractivity contribution in [3.63, 3.8) is 0 Å². The van der Waals surface area contributed by atoms with Gasteiger partial charge in [-0.3, -0.25) is 4.40 Å². The molecule has 3 aromatic rings. The summed E-state index contributed by atoms with van der Waals surface area (Å²) in [7, 11) is 0. The molecule has 0 atom stereocenters. The number of aryl methyl sites for hydroxylation is 2. The summed E-state index contributed by atoms with van der Waals surface area (Å²) in [6, 6.07) is 10.4. The van der Waals surface area contributed by atoms with Crippen molar-refractivity contribution in [2.75, 3.05) is 6.54 Å². The van der Waals surface area contributed by atoms with Gasteiger partial charge in [0.1, 0.15) is 11.6 Å². The van der Waals surface area contributed by atoms with Crippen molar-refractivity contribution in [3.05, 3.63) is 58.8 Å². The fraction of sp³-hybridized carbons (Fsp3) is 0.312. The third kappa shape index (κ3) is 2.52. The smallest absolute Gasteiger partial charge is 0.167 e. The normalized spacial score (nSPS) is 11.2. The van der Waals surface area contributed by atoms with Crippen LogP contribution < -0.4 is 5.73 Å². The maximum atomic E-state index is 5.65. The highest BCUT2D eigenvalue weighted by atomic mass is 15.3. The predicted octanol–water partition coefficient (Wildman–Crippen LogP) is 1.83. The lowest BCUT2D eigenvalue weighted by Crippen LogP contribution is -2.10. The molecule has 0 unspecified atom stereocenters. The van der Waals surface area contributed by atoms with Crippen LogP contribution in [0, 0.1) is 13.8 Å². The number of aromatic nitrogens is 4. The zero-order valence-corrected chi connectivity index (χ0v) is 12.4. The molecule has 0 aliphatic heterocycles. The van der Waals surface area contributed by atoms with Crippen LogP contribution >= 0.6 is 0 Å². The van der Waals surface area contributed by atoms with Gasteiger partial charge in [-0.1, -0.05) is 30.3 Å². The maximum absolute atomic E-state index is 5.65. The minimum absolute atomic E-state index is 0.558. The number of nitrogens with zero attached hydrogens (tertiary/aromatic N) is 4. The van der Waals surface area contributed by atoms with Crippen molar-refractivity contribution in [3.8, 4) is 0 Å². The van der Waals surface area contributed by atoms with Crippen LogP contribution in [-0.2, 0) is 12.8 Å². The molecule has 108 valence electrons. The Hall–Kier alpha value is -2.27. The third-order valence-corrected chi connectivity index (χ3v) is 3.68. The Morgan fingerprint density at radius 3 is 2.57 bits per heavy atom. The van der Waals surface area contributed by atoms with Crippen LogP contribution in [0.3, 0.4) is 0 Å². The van der Waals surface area contributed by atoms with Crippen LogP contribution in [0.4, 0.5) is 0 Å². The zero-order valence-electron chi connectivity index (χ0n) is 12.4. The Morgan fingerprint density at radius 1 is 1.10 bits per heavy atom. The molecule has 2 N–H and O–H groups in total. The van der Waals surface area contributed by atoms with Crippen molar-refractivity contribution < 1.29 is 0 Å². The summed E-state index contributed by atoms with van der Waals surface area (Å²) in [6.07, 6.45) is 1.52. The predicted molar refractivity (Wildman–Crippen MR) is 82.3 cm³/mol. The zero-order chi connectivity index (χ0) is 14.8. The molecule has 0 fully saturated rings. The second-order valence-corrected chi connectivity index (χ2v) is 5.20. The molecule has 0 aliphatic rings. The van der Waals surface area contributed by atoms with Crippen molar-refractivity contribution in [2.24, 2.45) is 5.73 Å². The highest BCUT2D eigenvalue weighted by Gasteiger charge is 2.15. The van der Waals surface area contributed by atoms with Crippen LogP contribution in [0.5, 0.6) is 0 Å². The molecular formula is C16H19N5. The fourth-order valence-electron chi connectivity index (χ4n) is 2.67. The topological polar surface area (TPSA) is 69.1 Å². The summed E-state index contributed by atoms with van der Waals surface area (Å²) in [5, 5.41) is 8.65. The lowest BCUT2D eigenvalue weighted by Gasteiger charge is -2.10. The van der Waals surface area contributed by atoms with Gasteiger partial charge < -0.3 is 5.73 Å². The van der Waals surface area contributed by atoms with Gasteiger partial charge in [-0.05, 0) is 26.0 Å². The van der Waals surface area contributed by atoms with Crippen LogP contribution in [-0.4, -0.2) is 26.1 Å². The molecule has 0 radical (unpaired) electrons. The van der Waals surface area contributed by atoms with Crippen LogP contribution in [0.25, 0.3) is 5.65 Å². The maximum Gasteiger partial charge on any atom is 0.167 e. The summed E-state index contributed by atoms with van der Waals surface area (Å²) >= 11 is 0. The minimum atomic E-state index is 0.558. The first kappa shape index (κ1) is 13.7. The summed E-state index contributed by atoms with van der Waals surface area (Å²) < 4.78 is 2.03. The molecule has 2 heterocycles. The standard InChI is InChI=1S/C16H19N5/c1-11-14(10-13-6-4-3-5-7-13)16-20-19-15(8-9-17)21(16)12(2)18-11/h3-7H,8-10,17H2,1-2H3. The number of hydrogen-bond acceptors (Lipinski definition) is 4. The Labute approximate surface area is 123 Å². The average molecular weight is 281 g/mol. The molecule has 0 saturated heterocycles. The highest BCUT2D eigenvalue weighted by molar-refractivity contribution is 5.52. The minimum Gasteiger partial charge on any atom is -0.330 e. The molecule has 3 rings (SSSR count). The monoisotopic (exact) mass is 281 g/mol. The average Bonchev–Trinajstić information content (AvgIpc) is 2.89. The number of rotatable bonds is 4. The summed E-state index contributed by atoms with van der Waals surface area (Å²) in [4.78, 5) is 4.66. The lowest BCUT2D eigenvalue weighted by atomic mass is 10.0. The van der Waals surface area contributed by atoms with E-state index in [0.29, 0.717) is 13.0 Å². The molecule has 2 aromatic heterocycles. The molecule has 0 spiro atoms. The van der Waals surface area contributed by atoms with Crippen LogP contribution in [0.1, 0.15) is 28.5 Å². The van der Waals surface area contributed by atoms with Gasteiger partial charge in [0.05, 0.1) is 0 Å². The van der Waals surface area contributed by atoms with Gasteiger partial charge in [-0.25, -0.2) is 4.98 Å². The first-order chi connectivity index (χ1) is 10.2. The Bertz CT molecular complexity index is 761. The van der Waals surface area contributed by atoms with E-state index in [1.165, 1.54) is 5.56 Å². The molecule has 5 nitrogen and oxygen atoms in total. The molecule has 0 saturated carbocycles. The van der Waals surface area contributed by atoms with E-state index in [1.54, 1.807) is 0 Å². The lowest BCUT2D eigenvalue weighted by molar-refractivity contribution is 0.815. The second kappa shape index (κ2) is 5.61. The van der Waals surface area contributed by atoms with Crippen molar-refractivity contribution in [1.82, 2.24) is 19.6 Å². The Balaban J connectivity index is 2.14. The van der Waals surface area contributed by atoms with E-state index < -0.39 is 0 Å². The molecule has 21 heavy (non-hydrogen) atoms. The van der Waals surface area contributed by atoms with Gasteiger partial charge in [0.15, 0.2) is 5.65 Å². The molecular weight excluding hydrogens is 262 g/mol. The fourth-order valence-corrected chi connectivity index (χ4v) is 2.67. The van der Waals surface area contributed by atoms with Gasteiger partial charge in [-0.15, -0.1) is 10.2 Å². The van der Waals surface area contributed by atoms with Gasteiger partial charge in [-0.2, -0.15) is 0 Å². The molecule has 0 amide bonds. The summed E-state index contributed by atoms with van der Waals surface area (Å²) in [5.74, 6) is 1.79. The van der Waals surface area contributed by atoms with E-state index in [0.717, 1.165) is 35.0 Å². The van der Waals surface area contributed by atoms with Crippen molar-refractivity contribution in [1.29, 1.82) is 0 Å². The van der Waals surface area contributed by atoms with E-state index in [9.17, 15) is 0 Å². The van der Waals surface area contributed by atoms with Gasteiger partial charge in [0.2, 0.25) is 0 Å².